The van der Waals surface area contributed by atoms with E-state index < -0.39 is 28.8 Å². The molecule has 0 radical (unpaired) electrons. The van der Waals surface area contributed by atoms with Crippen molar-refractivity contribution in [3.63, 3.8) is 0 Å². The fraction of sp³-hybridized carbons (Fsp3) is 0.600. The van der Waals surface area contributed by atoms with Crippen LogP contribution in [0.15, 0.2) is 10.3 Å². The Bertz CT molecular complexity index is 239. The summed E-state index contributed by atoms with van der Waals surface area (Å²) in [6.45, 7) is 0. The van der Waals surface area contributed by atoms with Crippen LogP contribution in [0.5, 0.6) is 0 Å². The SMILES string of the molecule is F/C(=C(\Br)C(F)F)C(F)(F)C(F)(F)F. The van der Waals surface area contributed by atoms with Crippen LogP contribution in [0.25, 0.3) is 0 Å². The first-order chi connectivity index (χ1) is 6.01. The lowest BCUT2D eigenvalue weighted by Gasteiger charge is -2.18. The van der Waals surface area contributed by atoms with E-state index in [4.69, 9.17) is 0 Å². The standard InChI is InChI=1S/C5HBrF8/c6-1(3(8)9)2(7)4(10,11)5(12,13)14/h3H/b2-1-. The average molecular weight is 293 g/mol. The van der Waals surface area contributed by atoms with Gasteiger partial charge in [0.25, 0.3) is 6.43 Å². The van der Waals surface area contributed by atoms with E-state index in [0.717, 1.165) is 0 Å². The lowest BCUT2D eigenvalue weighted by atomic mass is 10.2. The first-order valence-corrected chi connectivity index (χ1v) is 3.59. The smallest absolute Gasteiger partial charge is 0.204 e. The van der Waals surface area contributed by atoms with Crippen molar-refractivity contribution in [2.24, 2.45) is 0 Å². The molecule has 9 heteroatoms. The second-order valence-corrected chi connectivity index (χ2v) is 2.89. The minimum Gasteiger partial charge on any atom is -0.204 e. The van der Waals surface area contributed by atoms with Crippen molar-refractivity contribution in [1.29, 1.82) is 0 Å². The molecule has 0 aliphatic heterocycles. The van der Waals surface area contributed by atoms with Gasteiger partial charge in [-0.2, -0.15) is 22.0 Å². The molecule has 0 aliphatic rings. The fourth-order valence-electron chi connectivity index (χ4n) is 0.370. The maximum absolute atomic E-state index is 12.2. The van der Waals surface area contributed by atoms with E-state index in [1.165, 1.54) is 0 Å². The van der Waals surface area contributed by atoms with Gasteiger partial charge in [-0.25, -0.2) is 13.2 Å². The molecule has 0 aliphatic carbocycles. The molecule has 0 aromatic carbocycles. The minimum atomic E-state index is -6.25. The highest BCUT2D eigenvalue weighted by Crippen LogP contribution is 2.44. The molecule has 0 saturated carbocycles. The normalized spacial score (nSPS) is 15.9. The molecular weight excluding hydrogens is 292 g/mol. The van der Waals surface area contributed by atoms with Crippen molar-refractivity contribution in [3.05, 3.63) is 10.3 Å². The molecule has 0 amide bonds. The molecule has 0 saturated heterocycles. The van der Waals surface area contributed by atoms with Gasteiger partial charge in [0.15, 0.2) is 5.83 Å². The minimum absolute atomic E-state index is 1.61. The summed E-state index contributed by atoms with van der Waals surface area (Å²) in [4.78, 5) is 0. The average Bonchev–Trinajstić information content (AvgIpc) is 1.99. The van der Waals surface area contributed by atoms with Gasteiger partial charge < -0.3 is 0 Å². The highest BCUT2D eigenvalue weighted by molar-refractivity contribution is 9.11. The predicted octanol–water partition coefficient (Wildman–Crippen LogP) is 4.03. The van der Waals surface area contributed by atoms with E-state index in [9.17, 15) is 35.1 Å². The molecule has 0 aromatic heterocycles. The lowest BCUT2D eigenvalue weighted by molar-refractivity contribution is -0.270. The maximum atomic E-state index is 12.2. The van der Waals surface area contributed by atoms with Crippen molar-refractivity contribution in [2.75, 3.05) is 0 Å². The van der Waals surface area contributed by atoms with Gasteiger partial charge in [-0.3, -0.25) is 0 Å². The van der Waals surface area contributed by atoms with Gasteiger partial charge in [0.1, 0.15) is 0 Å². The summed E-state index contributed by atoms with van der Waals surface area (Å²) < 4.78 is 91.5. The van der Waals surface area contributed by atoms with Gasteiger partial charge in [-0.05, 0) is 15.9 Å². The number of halogens is 9. The van der Waals surface area contributed by atoms with Crippen LogP contribution in [0.2, 0.25) is 0 Å². The largest absolute Gasteiger partial charge is 0.460 e. The van der Waals surface area contributed by atoms with Crippen LogP contribution in [-0.2, 0) is 0 Å². The van der Waals surface area contributed by atoms with E-state index in [2.05, 4.69) is 0 Å². The third-order valence-electron chi connectivity index (χ3n) is 1.03. The second-order valence-electron chi connectivity index (χ2n) is 2.03. The summed E-state index contributed by atoms with van der Waals surface area (Å²) >= 11 is 1.61. The van der Waals surface area contributed by atoms with Crippen molar-refractivity contribution in [3.8, 4) is 0 Å². The Kier molecular flexibility index (Phi) is 3.93. The molecule has 0 spiro atoms. The molecule has 0 atom stereocenters. The Labute approximate surface area is 80.7 Å². The highest BCUT2D eigenvalue weighted by Gasteiger charge is 2.62. The van der Waals surface area contributed by atoms with Crippen molar-refractivity contribution in [1.82, 2.24) is 0 Å². The van der Waals surface area contributed by atoms with Crippen LogP contribution >= 0.6 is 15.9 Å². The molecular formula is C5HBrF8. The van der Waals surface area contributed by atoms with Crippen LogP contribution < -0.4 is 0 Å². The van der Waals surface area contributed by atoms with Gasteiger partial charge in [0.05, 0.1) is 4.48 Å². The zero-order valence-corrected chi connectivity index (χ0v) is 7.57. The van der Waals surface area contributed by atoms with Gasteiger partial charge in [0, 0.05) is 0 Å². The van der Waals surface area contributed by atoms with Crippen LogP contribution in [0.1, 0.15) is 0 Å². The second kappa shape index (κ2) is 4.03. The molecule has 0 N–H and O–H groups in total. The Balaban J connectivity index is 5.22. The fourth-order valence-corrected chi connectivity index (χ4v) is 0.619. The van der Waals surface area contributed by atoms with Gasteiger partial charge in [-0.15, -0.1) is 0 Å². The number of hydrogen-bond acceptors (Lipinski definition) is 0. The quantitative estimate of drug-likeness (QED) is 0.674. The summed E-state index contributed by atoms with van der Waals surface area (Å²) in [5, 5.41) is 0. The predicted molar refractivity (Wildman–Crippen MR) is 34.1 cm³/mol. The zero-order chi connectivity index (χ0) is 11.7. The summed E-state index contributed by atoms with van der Waals surface area (Å²) in [6.07, 6.45) is -10.0. The van der Waals surface area contributed by atoms with Crippen molar-refractivity contribution < 1.29 is 35.1 Å². The zero-order valence-electron chi connectivity index (χ0n) is 5.98. The highest BCUT2D eigenvalue weighted by atomic mass is 79.9. The van der Waals surface area contributed by atoms with Gasteiger partial charge in [-0.1, -0.05) is 0 Å². The Hall–Kier alpha value is -0.340. The van der Waals surface area contributed by atoms with E-state index in [1.807, 2.05) is 0 Å². The number of rotatable bonds is 2. The Morgan fingerprint density at radius 3 is 1.57 bits per heavy atom. The van der Waals surface area contributed by atoms with Crippen LogP contribution in [0.3, 0.4) is 0 Å². The van der Waals surface area contributed by atoms with Gasteiger partial charge in [0.2, 0.25) is 0 Å². The number of hydrogen-bond donors (Lipinski definition) is 0. The molecule has 0 heterocycles. The first-order valence-electron chi connectivity index (χ1n) is 2.80. The topological polar surface area (TPSA) is 0 Å². The van der Waals surface area contributed by atoms with E-state index >= 15 is 0 Å². The van der Waals surface area contributed by atoms with E-state index in [1.54, 1.807) is 15.9 Å². The van der Waals surface area contributed by atoms with E-state index in [-0.39, 0.29) is 0 Å². The molecule has 0 fully saturated rings. The monoisotopic (exact) mass is 292 g/mol. The molecule has 0 unspecified atom stereocenters. The molecule has 0 nitrogen and oxygen atoms in total. The summed E-state index contributed by atoms with van der Waals surface area (Å²) in [5.41, 5.74) is 0. The van der Waals surface area contributed by atoms with Crippen molar-refractivity contribution >= 4 is 15.9 Å². The van der Waals surface area contributed by atoms with Crippen LogP contribution in [0.4, 0.5) is 35.1 Å². The Morgan fingerprint density at radius 2 is 1.36 bits per heavy atom. The third-order valence-corrected chi connectivity index (χ3v) is 1.73. The molecule has 0 bridgehead atoms. The van der Waals surface area contributed by atoms with Crippen molar-refractivity contribution in [2.45, 2.75) is 18.5 Å². The van der Waals surface area contributed by atoms with Crippen LogP contribution in [0, 0.1) is 0 Å². The maximum Gasteiger partial charge on any atom is 0.460 e. The Morgan fingerprint density at radius 1 is 1.00 bits per heavy atom. The number of alkyl halides is 7. The summed E-state index contributed by atoms with van der Waals surface area (Å²) in [5.74, 6) is -9.15. The lowest BCUT2D eigenvalue weighted by Crippen LogP contribution is -2.37. The molecule has 14 heavy (non-hydrogen) atoms. The van der Waals surface area contributed by atoms with Gasteiger partial charge >= 0.3 is 12.1 Å². The molecule has 0 aromatic rings. The molecule has 0 rings (SSSR count). The molecule has 84 valence electrons. The van der Waals surface area contributed by atoms with E-state index in [0.29, 0.717) is 0 Å². The summed E-state index contributed by atoms with van der Waals surface area (Å²) in [7, 11) is 0. The number of allylic oxidation sites excluding steroid dienone is 2. The summed E-state index contributed by atoms with van der Waals surface area (Å²) in [6, 6.07) is 0. The first kappa shape index (κ1) is 13.7. The third kappa shape index (κ3) is 2.58. The van der Waals surface area contributed by atoms with Crippen LogP contribution in [-0.4, -0.2) is 18.5 Å².